The zero-order chi connectivity index (χ0) is 11.7. The maximum absolute atomic E-state index is 4.91. The van der Waals surface area contributed by atoms with E-state index in [2.05, 4.69) is 54.0 Å². The molecule has 90 valence electrons. The molecule has 1 fully saturated rings. The van der Waals surface area contributed by atoms with Gasteiger partial charge in [0.05, 0.1) is 16.5 Å². The fourth-order valence-corrected chi connectivity index (χ4v) is 4.84. The first-order valence-corrected chi connectivity index (χ1v) is 7.96. The molecule has 2 heterocycles. The monoisotopic (exact) mass is 264 g/mol. The topological polar surface area (TPSA) is 15.6 Å². The molecule has 2 aliphatic rings. The quantitative estimate of drug-likeness (QED) is 0.816. The summed E-state index contributed by atoms with van der Waals surface area (Å²) in [5.74, 6) is 2.38. The van der Waals surface area contributed by atoms with Gasteiger partial charge in [0, 0.05) is 23.6 Å². The number of aliphatic imine (C=N–C) groups is 1. The van der Waals surface area contributed by atoms with Crippen molar-refractivity contribution in [1.82, 2.24) is 4.90 Å². The molecule has 0 amide bonds. The third-order valence-electron chi connectivity index (χ3n) is 3.19. The lowest BCUT2D eigenvalue weighted by molar-refractivity contribution is 0.328. The summed E-state index contributed by atoms with van der Waals surface area (Å²) in [7, 11) is 2.21. The van der Waals surface area contributed by atoms with E-state index in [0.717, 1.165) is 5.75 Å². The summed E-state index contributed by atoms with van der Waals surface area (Å²) in [6.45, 7) is 1.20. The molecule has 1 saturated heterocycles. The van der Waals surface area contributed by atoms with Gasteiger partial charge < -0.3 is 0 Å². The van der Waals surface area contributed by atoms with Gasteiger partial charge in [-0.2, -0.15) is 0 Å². The number of hydrogen-bond donors (Lipinski definition) is 0. The van der Waals surface area contributed by atoms with Crippen molar-refractivity contribution in [2.75, 3.05) is 25.1 Å². The number of benzene rings is 1. The van der Waals surface area contributed by atoms with Crippen molar-refractivity contribution in [2.45, 2.75) is 11.4 Å². The maximum Gasteiger partial charge on any atom is 0.0982 e. The standard InChI is InChI=1S/C13H16N2S2/c1-15-7-8-16-13(15)11-9-17-12(14-11)10-5-3-2-4-6-10/h2-6,11,13H,7-9H2,1H3. The Morgan fingerprint density at radius 3 is 2.82 bits per heavy atom. The number of rotatable bonds is 2. The van der Waals surface area contributed by atoms with Crippen LogP contribution in [0.3, 0.4) is 0 Å². The van der Waals surface area contributed by atoms with Crippen LogP contribution >= 0.6 is 23.5 Å². The number of hydrogen-bond acceptors (Lipinski definition) is 4. The summed E-state index contributed by atoms with van der Waals surface area (Å²) in [5.41, 5.74) is 1.27. The summed E-state index contributed by atoms with van der Waals surface area (Å²) in [6, 6.07) is 11.0. The summed E-state index contributed by atoms with van der Waals surface area (Å²) in [5, 5.41) is 1.81. The minimum Gasteiger partial charge on any atom is -0.292 e. The van der Waals surface area contributed by atoms with Gasteiger partial charge >= 0.3 is 0 Å². The van der Waals surface area contributed by atoms with E-state index in [1.165, 1.54) is 22.9 Å². The van der Waals surface area contributed by atoms with Crippen LogP contribution in [0.2, 0.25) is 0 Å². The van der Waals surface area contributed by atoms with Gasteiger partial charge in [-0.1, -0.05) is 30.3 Å². The van der Waals surface area contributed by atoms with E-state index in [9.17, 15) is 0 Å². The lowest BCUT2D eigenvalue weighted by Crippen LogP contribution is -2.33. The molecule has 4 heteroatoms. The Hall–Kier alpha value is -0.450. The van der Waals surface area contributed by atoms with E-state index in [-0.39, 0.29) is 0 Å². The van der Waals surface area contributed by atoms with Gasteiger partial charge in [0.25, 0.3) is 0 Å². The van der Waals surface area contributed by atoms with Crippen molar-refractivity contribution in [3.8, 4) is 0 Å². The zero-order valence-corrected chi connectivity index (χ0v) is 11.5. The van der Waals surface area contributed by atoms with Crippen LogP contribution in [0.5, 0.6) is 0 Å². The molecule has 2 atom stereocenters. The molecular weight excluding hydrogens is 248 g/mol. The predicted octanol–water partition coefficient (Wildman–Crippen LogP) is 2.55. The smallest absolute Gasteiger partial charge is 0.0982 e. The van der Waals surface area contributed by atoms with E-state index < -0.39 is 0 Å². The van der Waals surface area contributed by atoms with Gasteiger partial charge in [-0.3, -0.25) is 9.89 Å². The number of thioether (sulfide) groups is 2. The fourth-order valence-electron chi connectivity index (χ4n) is 2.25. The van der Waals surface area contributed by atoms with Crippen LogP contribution in [0.15, 0.2) is 35.3 Å². The summed E-state index contributed by atoms with van der Waals surface area (Å²) >= 11 is 3.95. The molecule has 0 aromatic heterocycles. The largest absolute Gasteiger partial charge is 0.292 e. The average molecular weight is 264 g/mol. The molecule has 17 heavy (non-hydrogen) atoms. The van der Waals surface area contributed by atoms with Crippen molar-refractivity contribution >= 4 is 28.6 Å². The maximum atomic E-state index is 4.91. The van der Waals surface area contributed by atoms with Crippen molar-refractivity contribution in [2.24, 2.45) is 4.99 Å². The van der Waals surface area contributed by atoms with Gasteiger partial charge in [0.1, 0.15) is 0 Å². The second-order valence-corrected chi connectivity index (χ2v) is 6.65. The lowest BCUT2D eigenvalue weighted by atomic mass is 10.2. The molecule has 3 rings (SSSR count). The molecule has 0 bridgehead atoms. The van der Waals surface area contributed by atoms with Crippen LogP contribution in [0.25, 0.3) is 0 Å². The molecule has 0 N–H and O–H groups in total. The summed E-state index contributed by atoms with van der Waals surface area (Å²) < 4.78 is 0. The Balaban J connectivity index is 1.77. The van der Waals surface area contributed by atoms with Crippen LogP contribution in [-0.2, 0) is 0 Å². The molecular formula is C13H16N2S2. The van der Waals surface area contributed by atoms with Crippen molar-refractivity contribution in [1.29, 1.82) is 0 Å². The van der Waals surface area contributed by atoms with E-state index in [1.54, 1.807) is 0 Å². The first kappa shape index (κ1) is 11.6. The Morgan fingerprint density at radius 2 is 2.12 bits per heavy atom. The Labute approximate surface area is 111 Å². The number of nitrogens with zero attached hydrogens (tertiary/aromatic N) is 2. The highest BCUT2D eigenvalue weighted by Gasteiger charge is 2.33. The van der Waals surface area contributed by atoms with Gasteiger partial charge in [-0.15, -0.1) is 23.5 Å². The Morgan fingerprint density at radius 1 is 1.29 bits per heavy atom. The van der Waals surface area contributed by atoms with Gasteiger partial charge in [0.15, 0.2) is 0 Å². The Bertz CT molecular complexity index is 419. The van der Waals surface area contributed by atoms with Crippen LogP contribution in [0, 0.1) is 0 Å². The summed E-state index contributed by atoms with van der Waals surface area (Å²) in [4.78, 5) is 7.35. The van der Waals surface area contributed by atoms with Crippen molar-refractivity contribution in [3.63, 3.8) is 0 Å². The zero-order valence-electron chi connectivity index (χ0n) is 9.87. The van der Waals surface area contributed by atoms with E-state index in [0.29, 0.717) is 11.4 Å². The van der Waals surface area contributed by atoms with Gasteiger partial charge in [-0.05, 0) is 7.05 Å². The molecule has 0 spiro atoms. The third kappa shape index (κ3) is 2.39. The second-order valence-electron chi connectivity index (χ2n) is 4.42. The van der Waals surface area contributed by atoms with Crippen LogP contribution in [-0.4, -0.2) is 46.5 Å². The first-order valence-electron chi connectivity index (χ1n) is 5.92. The minimum absolute atomic E-state index is 0.465. The minimum atomic E-state index is 0.465. The molecule has 0 radical (unpaired) electrons. The lowest BCUT2D eigenvalue weighted by Gasteiger charge is -2.21. The highest BCUT2D eigenvalue weighted by molar-refractivity contribution is 8.14. The molecule has 1 aromatic rings. The van der Waals surface area contributed by atoms with E-state index >= 15 is 0 Å². The summed E-state index contributed by atoms with van der Waals surface area (Å²) in [6.07, 6.45) is 0. The normalized spacial score (nSPS) is 29.6. The van der Waals surface area contributed by atoms with Crippen LogP contribution in [0.4, 0.5) is 0 Å². The van der Waals surface area contributed by atoms with Crippen molar-refractivity contribution < 1.29 is 0 Å². The molecule has 2 unspecified atom stereocenters. The van der Waals surface area contributed by atoms with Crippen LogP contribution in [0.1, 0.15) is 5.56 Å². The van der Waals surface area contributed by atoms with Gasteiger partial charge in [0.2, 0.25) is 0 Å². The van der Waals surface area contributed by atoms with Crippen LogP contribution < -0.4 is 0 Å². The van der Waals surface area contributed by atoms with Gasteiger partial charge in [-0.25, -0.2) is 0 Å². The Kier molecular flexibility index (Phi) is 3.45. The third-order valence-corrected chi connectivity index (χ3v) is 5.75. The highest BCUT2D eigenvalue weighted by atomic mass is 32.2. The molecule has 1 aromatic carbocycles. The van der Waals surface area contributed by atoms with E-state index in [4.69, 9.17) is 4.99 Å². The highest BCUT2D eigenvalue weighted by Crippen LogP contribution is 2.33. The average Bonchev–Trinajstić information content (AvgIpc) is 2.98. The molecule has 0 aliphatic carbocycles. The first-order chi connectivity index (χ1) is 8.34. The number of likely N-dealkylation sites (N-methyl/N-ethyl adjacent to an activating group) is 1. The van der Waals surface area contributed by atoms with Crippen molar-refractivity contribution in [3.05, 3.63) is 35.9 Å². The predicted molar refractivity (Wildman–Crippen MR) is 78.1 cm³/mol. The fraction of sp³-hybridized carbons (Fsp3) is 0.462. The molecule has 2 aliphatic heterocycles. The SMILES string of the molecule is CN1CCSC1C1CSC(c2ccccc2)=N1. The van der Waals surface area contributed by atoms with E-state index in [1.807, 2.05) is 11.8 Å². The molecule has 2 nitrogen and oxygen atoms in total. The molecule has 0 saturated carbocycles. The second kappa shape index (κ2) is 5.04.